The number of nitrogens with two attached hydrogens (primary N) is 2. The Hall–Kier alpha value is -0.320. The minimum absolute atomic E-state index is 0.0936. The largest absolute Gasteiger partial charge is 0.394 e. The van der Waals surface area contributed by atoms with E-state index < -0.39 is 31.0 Å². The van der Waals surface area contributed by atoms with Crippen LogP contribution in [0.3, 0.4) is 0 Å². The number of hydrogen-bond acceptors (Lipinski definition) is 8. The van der Waals surface area contributed by atoms with E-state index in [1.54, 1.807) is 7.05 Å². The van der Waals surface area contributed by atoms with Gasteiger partial charge in [0, 0.05) is 19.6 Å². The molecule has 0 spiro atoms. The molecule has 0 heterocycles. The van der Waals surface area contributed by atoms with E-state index in [1.165, 1.54) is 0 Å². The van der Waals surface area contributed by atoms with Crippen LogP contribution in [0.4, 0.5) is 0 Å². The summed E-state index contributed by atoms with van der Waals surface area (Å²) in [6.07, 6.45) is -5.65. The lowest BCUT2D eigenvalue weighted by Gasteiger charge is -2.25. The van der Waals surface area contributed by atoms with Gasteiger partial charge in [-0.3, -0.25) is 0 Å². The predicted molar refractivity (Wildman–Crippen MR) is 63.1 cm³/mol. The second kappa shape index (κ2) is 12.1. The molecule has 0 bridgehead atoms. The monoisotopic (exact) mass is 255 g/mol. The topological polar surface area (TPSA) is 165 Å². The quantitative estimate of drug-likeness (QED) is 0.225. The summed E-state index contributed by atoms with van der Waals surface area (Å²) in [5.74, 6) is 0. The third kappa shape index (κ3) is 9.39. The Labute approximate surface area is 101 Å². The lowest BCUT2D eigenvalue weighted by Crippen LogP contribution is -2.48. The molecule has 0 saturated heterocycles. The van der Waals surface area contributed by atoms with Gasteiger partial charge in [-0.1, -0.05) is 0 Å². The van der Waals surface area contributed by atoms with Crippen molar-refractivity contribution in [2.75, 3.05) is 33.3 Å². The average molecular weight is 255 g/mol. The zero-order chi connectivity index (χ0) is 13.8. The number of likely N-dealkylation sites (N-methyl/N-ethyl adjacent to an activating group) is 1. The molecule has 4 unspecified atom stereocenters. The summed E-state index contributed by atoms with van der Waals surface area (Å²) < 4.78 is 0. The van der Waals surface area contributed by atoms with E-state index in [2.05, 4.69) is 5.32 Å². The minimum Gasteiger partial charge on any atom is -0.394 e. The van der Waals surface area contributed by atoms with Gasteiger partial charge < -0.3 is 42.3 Å². The van der Waals surface area contributed by atoms with Crippen LogP contribution < -0.4 is 16.8 Å². The number of aliphatic hydroxyl groups excluding tert-OH is 5. The minimum atomic E-state index is -1.55. The summed E-state index contributed by atoms with van der Waals surface area (Å²) in [6, 6.07) is 0. The van der Waals surface area contributed by atoms with Crippen LogP contribution in [0.25, 0.3) is 0 Å². The van der Waals surface area contributed by atoms with Crippen molar-refractivity contribution in [3.8, 4) is 0 Å². The normalized spacial score (nSPS) is 17.6. The molecule has 0 aliphatic carbocycles. The third-order valence-electron chi connectivity index (χ3n) is 1.91. The van der Waals surface area contributed by atoms with Crippen LogP contribution in [0.5, 0.6) is 0 Å². The smallest absolute Gasteiger partial charge is 0.111 e. The van der Waals surface area contributed by atoms with Crippen LogP contribution in [0.2, 0.25) is 0 Å². The van der Waals surface area contributed by atoms with E-state index in [9.17, 15) is 5.11 Å². The molecule has 0 radical (unpaired) electrons. The maximum absolute atomic E-state index is 9.21. The highest BCUT2D eigenvalue weighted by atomic mass is 16.4. The van der Waals surface area contributed by atoms with Crippen LogP contribution in [0.1, 0.15) is 0 Å². The molecule has 4 atom stereocenters. The fourth-order valence-corrected chi connectivity index (χ4v) is 0.893. The molecule has 0 saturated carbocycles. The van der Waals surface area contributed by atoms with E-state index in [-0.39, 0.29) is 6.54 Å². The van der Waals surface area contributed by atoms with Crippen LogP contribution in [0, 0.1) is 0 Å². The van der Waals surface area contributed by atoms with Gasteiger partial charge >= 0.3 is 0 Å². The molecule has 17 heavy (non-hydrogen) atoms. The van der Waals surface area contributed by atoms with Gasteiger partial charge in [0.25, 0.3) is 0 Å². The molecular weight excluding hydrogens is 230 g/mol. The van der Waals surface area contributed by atoms with Gasteiger partial charge in [-0.05, 0) is 7.05 Å². The van der Waals surface area contributed by atoms with Gasteiger partial charge in [0.15, 0.2) is 0 Å². The van der Waals surface area contributed by atoms with Gasteiger partial charge in [0.05, 0.1) is 12.7 Å². The summed E-state index contributed by atoms with van der Waals surface area (Å²) in [7, 11) is 1.57. The molecule has 10 N–H and O–H groups in total. The predicted octanol–water partition coefficient (Wildman–Crippen LogP) is -4.45. The summed E-state index contributed by atoms with van der Waals surface area (Å²) in [5, 5.41) is 47.5. The second-order valence-corrected chi connectivity index (χ2v) is 3.43. The molecule has 0 aromatic heterocycles. The van der Waals surface area contributed by atoms with E-state index >= 15 is 0 Å². The summed E-state index contributed by atoms with van der Waals surface area (Å²) in [5.41, 5.74) is 9.81. The molecule has 106 valence electrons. The SMILES string of the molecule is CNCC(O)C(O)C(O)C(O)CO.NCCN. The lowest BCUT2D eigenvalue weighted by atomic mass is 10.0. The molecule has 0 rings (SSSR count). The van der Waals surface area contributed by atoms with Crippen LogP contribution in [-0.4, -0.2) is 83.2 Å². The van der Waals surface area contributed by atoms with E-state index in [4.69, 9.17) is 31.9 Å². The van der Waals surface area contributed by atoms with Gasteiger partial charge in [-0.2, -0.15) is 0 Å². The second-order valence-electron chi connectivity index (χ2n) is 3.43. The summed E-state index contributed by atoms with van der Waals surface area (Å²) in [4.78, 5) is 0. The standard InChI is InChI=1S/C7H17NO5.C2H8N2/c1-8-2-4(10)6(12)7(13)5(11)3-9;3-1-2-4/h4-13H,2-3H2,1H3;1-4H2. The van der Waals surface area contributed by atoms with E-state index in [0.29, 0.717) is 13.1 Å². The zero-order valence-electron chi connectivity index (χ0n) is 10.0. The van der Waals surface area contributed by atoms with E-state index in [0.717, 1.165) is 0 Å². The Morgan fingerprint density at radius 1 is 0.941 bits per heavy atom. The van der Waals surface area contributed by atoms with Crippen molar-refractivity contribution in [3.63, 3.8) is 0 Å². The molecule has 0 aromatic carbocycles. The van der Waals surface area contributed by atoms with Gasteiger partial charge in [0.2, 0.25) is 0 Å². The Morgan fingerprint density at radius 3 is 1.65 bits per heavy atom. The third-order valence-corrected chi connectivity index (χ3v) is 1.91. The first-order chi connectivity index (χ1) is 7.95. The van der Waals surface area contributed by atoms with Crippen molar-refractivity contribution in [3.05, 3.63) is 0 Å². The molecule has 0 aliphatic heterocycles. The lowest BCUT2D eigenvalue weighted by molar-refractivity contribution is -0.113. The average Bonchev–Trinajstić information content (AvgIpc) is 2.36. The highest BCUT2D eigenvalue weighted by Crippen LogP contribution is 2.04. The maximum Gasteiger partial charge on any atom is 0.111 e. The Bertz CT molecular complexity index is 162. The fraction of sp³-hybridized carbons (Fsp3) is 1.00. The van der Waals surface area contributed by atoms with Crippen LogP contribution in [-0.2, 0) is 0 Å². The molecule has 8 nitrogen and oxygen atoms in total. The first kappa shape index (κ1) is 19.0. The van der Waals surface area contributed by atoms with Crippen molar-refractivity contribution in [2.24, 2.45) is 11.5 Å². The summed E-state index contributed by atoms with van der Waals surface area (Å²) in [6.45, 7) is 0.626. The molecule has 0 aromatic rings. The Kier molecular flexibility index (Phi) is 13.6. The highest BCUT2D eigenvalue weighted by Gasteiger charge is 2.29. The van der Waals surface area contributed by atoms with Crippen molar-refractivity contribution >= 4 is 0 Å². The zero-order valence-corrected chi connectivity index (χ0v) is 10.0. The number of aliphatic hydroxyl groups is 5. The van der Waals surface area contributed by atoms with Crippen molar-refractivity contribution in [1.82, 2.24) is 5.32 Å². The molecule has 0 amide bonds. The van der Waals surface area contributed by atoms with Crippen molar-refractivity contribution < 1.29 is 25.5 Å². The molecule has 8 heteroatoms. The first-order valence-corrected chi connectivity index (χ1v) is 5.34. The van der Waals surface area contributed by atoms with Gasteiger partial charge in [0.1, 0.15) is 18.3 Å². The van der Waals surface area contributed by atoms with Crippen LogP contribution >= 0.6 is 0 Å². The molecule has 0 fully saturated rings. The Morgan fingerprint density at radius 2 is 1.35 bits per heavy atom. The van der Waals surface area contributed by atoms with Gasteiger partial charge in [-0.15, -0.1) is 0 Å². The molecule has 0 aliphatic rings. The summed E-state index contributed by atoms with van der Waals surface area (Å²) >= 11 is 0. The highest BCUT2D eigenvalue weighted by molar-refractivity contribution is 4.81. The first-order valence-electron chi connectivity index (χ1n) is 5.34. The fourth-order valence-electron chi connectivity index (χ4n) is 0.893. The van der Waals surface area contributed by atoms with Crippen molar-refractivity contribution in [2.45, 2.75) is 24.4 Å². The molecular formula is C9H25N3O5. The van der Waals surface area contributed by atoms with Crippen LogP contribution in [0.15, 0.2) is 0 Å². The Balaban J connectivity index is 0. The number of rotatable bonds is 7. The number of hydrogen-bond donors (Lipinski definition) is 8. The maximum atomic E-state index is 9.21. The van der Waals surface area contributed by atoms with E-state index in [1.807, 2.05) is 0 Å². The number of nitrogens with one attached hydrogen (secondary N) is 1. The van der Waals surface area contributed by atoms with Gasteiger partial charge in [-0.25, -0.2) is 0 Å². The van der Waals surface area contributed by atoms with Crippen molar-refractivity contribution in [1.29, 1.82) is 0 Å².